The van der Waals surface area contributed by atoms with Crippen molar-refractivity contribution in [3.63, 3.8) is 0 Å². The molecular weight excluding hydrogens is 244 g/mol. The highest BCUT2D eigenvalue weighted by Gasteiger charge is 2.07. The number of halogens is 1. The summed E-state index contributed by atoms with van der Waals surface area (Å²) < 4.78 is 4.34. The largest absolute Gasteiger partial charge is 0.453 e. The van der Waals surface area contributed by atoms with Crippen molar-refractivity contribution in [2.75, 3.05) is 19.0 Å². The van der Waals surface area contributed by atoms with Crippen molar-refractivity contribution in [2.24, 2.45) is 0 Å². The highest BCUT2D eigenvalue weighted by Crippen LogP contribution is 2.19. The van der Waals surface area contributed by atoms with Gasteiger partial charge >= 0.3 is 6.09 Å². The monoisotopic (exact) mass is 256 g/mol. The molecule has 0 unspecified atom stereocenters. The van der Waals surface area contributed by atoms with Crippen LogP contribution in [-0.2, 0) is 9.53 Å². The zero-order valence-corrected chi connectivity index (χ0v) is 10.3. The second-order valence-electron chi connectivity index (χ2n) is 3.35. The highest BCUT2D eigenvalue weighted by molar-refractivity contribution is 6.30. The molecule has 0 spiro atoms. The van der Waals surface area contributed by atoms with Crippen LogP contribution in [0.4, 0.5) is 10.5 Å². The van der Waals surface area contributed by atoms with E-state index in [-0.39, 0.29) is 12.5 Å². The molecule has 0 bridgehead atoms. The van der Waals surface area contributed by atoms with E-state index in [1.165, 1.54) is 7.11 Å². The molecule has 2 N–H and O–H groups in total. The summed E-state index contributed by atoms with van der Waals surface area (Å²) in [6.07, 6.45) is -0.645. The number of methoxy groups -OCH3 is 1. The van der Waals surface area contributed by atoms with E-state index in [0.717, 1.165) is 5.56 Å². The molecule has 0 saturated carbocycles. The van der Waals surface area contributed by atoms with Gasteiger partial charge in [-0.1, -0.05) is 11.6 Å². The maximum absolute atomic E-state index is 11.5. The number of anilines is 1. The van der Waals surface area contributed by atoms with E-state index in [2.05, 4.69) is 15.4 Å². The number of amides is 2. The fourth-order valence-corrected chi connectivity index (χ4v) is 1.41. The van der Waals surface area contributed by atoms with Gasteiger partial charge in [0.05, 0.1) is 7.11 Å². The predicted molar refractivity (Wildman–Crippen MR) is 65.2 cm³/mol. The molecule has 1 aromatic carbocycles. The van der Waals surface area contributed by atoms with Crippen LogP contribution in [0.15, 0.2) is 18.2 Å². The Morgan fingerprint density at radius 3 is 2.71 bits per heavy atom. The molecule has 0 saturated heterocycles. The van der Waals surface area contributed by atoms with Crippen molar-refractivity contribution in [3.8, 4) is 0 Å². The molecule has 0 aliphatic carbocycles. The van der Waals surface area contributed by atoms with Crippen LogP contribution in [-0.4, -0.2) is 25.7 Å². The average Bonchev–Trinajstić information content (AvgIpc) is 2.29. The van der Waals surface area contributed by atoms with E-state index < -0.39 is 6.09 Å². The number of nitrogens with one attached hydrogen (secondary N) is 2. The minimum Gasteiger partial charge on any atom is -0.453 e. The summed E-state index contributed by atoms with van der Waals surface area (Å²) in [5, 5.41) is 5.54. The maximum atomic E-state index is 11.5. The van der Waals surface area contributed by atoms with Crippen LogP contribution in [0, 0.1) is 6.92 Å². The van der Waals surface area contributed by atoms with Gasteiger partial charge in [-0.15, -0.1) is 0 Å². The fourth-order valence-electron chi connectivity index (χ4n) is 1.19. The van der Waals surface area contributed by atoms with E-state index in [1.807, 2.05) is 6.92 Å². The predicted octanol–water partition coefficient (Wildman–Crippen LogP) is 1.94. The second kappa shape index (κ2) is 6.10. The normalized spacial score (nSPS) is 9.59. The summed E-state index contributed by atoms with van der Waals surface area (Å²) in [7, 11) is 1.23. The van der Waals surface area contributed by atoms with Crippen LogP contribution >= 0.6 is 11.6 Å². The Bertz CT molecular complexity index is 435. The van der Waals surface area contributed by atoms with Gasteiger partial charge in [-0.05, 0) is 30.7 Å². The lowest BCUT2D eigenvalue weighted by Gasteiger charge is -2.09. The molecule has 0 aliphatic rings. The van der Waals surface area contributed by atoms with E-state index in [9.17, 15) is 9.59 Å². The Morgan fingerprint density at radius 2 is 2.12 bits per heavy atom. The van der Waals surface area contributed by atoms with Gasteiger partial charge in [-0.25, -0.2) is 4.79 Å². The minimum atomic E-state index is -0.645. The van der Waals surface area contributed by atoms with E-state index in [4.69, 9.17) is 11.6 Å². The zero-order chi connectivity index (χ0) is 12.8. The number of hydrogen-bond acceptors (Lipinski definition) is 3. The van der Waals surface area contributed by atoms with Crippen molar-refractivity contribution >= 4 is 29.3 Å². The standard InChI is InChI=1S/C11H13ClN2O3/c1-7-5-8(12)3-4-9(7)14-10(15)6-13-11(16)17-2/h3-5H,6H2,1-2H3,(H,13,16)(H,14,15). The van der Waals surface area contributed by atoms with Gasteiger partial charge in [-0.3, -0.25) is 4.79 Å². The maximum Gasteiger partial charge on any atom is 0.407 e. The van der Waals surface area contributed by atoms with E-state index in [0.29, 0.717) is 10.7 Å². The number of rotatable bonds is 3. The second-order valence-corrected chi connectivity index (χ2v) is 3.79. The molecule has 92 valence electrons. The highest BCUT2D eigenvalue weighted by atomic mass is 35.5. The van der Waals surface area contributed by atoms with Crippen molar-refractivity contribution in [1.82, 2.24) is 5.32 Å². The summed E-state index contributed by atoms with van der Waals surface area (Å²) in [5.41, 5.74) is 1.51. The molecule has 1 rings (SSSR count). The number of alkyl carbamates (subject to hydrolysis) is 1. The van der Waals surface area contributed by atoms with Crippen molar-refractivity contribution in [1.29, 1.82) is 0 Å². The third-order valence-electron chi connectivity index (χ3n) is 2.04. The van der Waals surface area contributed by atoms with Crippen LogP contribution < -0.4 is 10.6 Å². The van der Waals surface area contributed by atoms with Gasteiger partial charge in [-0.2, -0.15) is 0 Å². The Labute approximate surface area is 104 Å². The topological polar surface area (TPSA) is 67.4 Å². The first kappa shape index (κ1) is 13.3. The number of benzene rings is 1. The Balaban J connectivity index is 2.53. The van der Waals surface area contributed by atoms with Gasteiger partial charge in [0.2, 0.25) is 5.91 Å². The van der Waals surface area contributed by atoms with Crippen LogP contribution in [0.5, 0.6) is 0 Å². The van der Waals surface area contributed by atoms with Gasteiger partial charge in [0.25, 0.3) is 0 Å². The van der Waals surface area contributed by atoms with Crippen molar-refractivity contribution < 1.29 is 14.3 Å². The van der Waals surface area contributed by atoms with E-state index in [1.54, 1.807) is 18.2 Å². The van der Waals surface area contributed by atoms with Crippen molar-refractivity contribution in [3.05, 3.63) is 28.8 Å². The van der Waals surface area contributed by atoms with Gasteiger partial charge in [0.15, 0.2) is 0 Å². The smallest absolute Gasteiger partial charge is 0.407 e. The van der Waals surface area contributed by atoms with Gasteiger partial charge in [0.1, 0.15) is 6.54 Å². The Morgan fingerprint density at radius 1 is 1.41 bits per heavy atom. The van der Waals surface area contributed by atoms with Gasteiger partial charge < -0.3 is 15.4 Å². The Kier molecular flexibility index (Phi) is 4.78. The number of ether oxygens (including phenoxy) is 1. The first-order valence-corrected chi connectivity index (χ1v) is 5.28. The zero-order valence-electron chi connectivity index (χ0n) is 9.54. The molecule has 1 aromatic rings. The molecule has 0 fully saturated rings. The number of carbonyl (C=O) groups excluding carboxylic acids is 2. The quantitative estimate of drug-likeness (QED) is 0.869. The van der Waals surface area contributed by atoms with Crippen LogP contribution in [0.1, 0.15) is 5.56 Å². The van der Waals surface area contributed by atoms with Gasteiger partial charge in [0, 0.05) is 10.7 Å². The number of aryl methyl sites for hydroxylation is 1. The van der Waals surface area contributed by atoms with Crippen LogP contribution in [0.2, 0.25) is 5.02 Å². The fraction of sp³-hybridized carbons (Fsp3) is 0.273. The lowest BCUT2D eigenvalue weighted by Crippen LogP contribution is -2.32. The van der Waals surface area contributed by atoms with Crippen LogP contribution in [0.25, 0.3) is 0 Å². The summed E-state index contributed by atoms with van der Waals surface area (Å²) in [6, 6.07) is 5.12. The molecule has 0 aliphatic heterocycles. The summed E-state index contributed by atoms with van der Waals surface area (Å²) in [5.74, 6) is -0.333. The van der Waals surface area contributed by atoms with Crippen molar-refractivity contribution in [2.45, 2.75) is 6.92 Å². The molecule has 0 heterocycles. The molecule has 17 heavy (non-hydrogen) atoms. The number of carbonyl (C=O) groups is 2. The molecule has 0 radical (unpaired) electrons. The molecule has 6 heteroatoms. The molecular formula is C11H13ClN2O3. The Hall–Kier alpha value is -1.75. The summed E-state index contributed by atoms with van der Waals surface area (Å²) in [6.45, 7) is 1.68. The lowest BCUT2D eigenvalue weighted by molar-refractivity contribution is -0.115. The number of hydrogen-bond donors (Lipinski definition) is 2. The first-order valence-electron chi connectivity index (χ1n) is 4.90. The summed E-state index contributed by atoms with van der Waals surface area (Å²) >= 11 is 5.79. The molecule has 0 aromatic heterocycles. The lowest BCUT2D eigenvalue weighted by atomic mass is 10.2. The third-order valence-corrected chi connectivity index (χ3v) is 2.28. The molecule has 2 amide bonds. The van der Waals surface area contributed by atoms with E-state index >= 15 is 0 Å². The third kappa shape index (κ3) is 4.32. The molecule has 5 nitrogen and oxygen atoms in total. The average molecular weight is 257 g/mol. The first-order chi connectivity index (χ1) is 8.02. The van der Waals surface area contributed by atoms with Crippen LogP contribution in [0.3, 0.4) is 0 Å². The summed E-state index contributed by atoms with van der Waals surface area (Å²) in [4.78, 5) is 22.2. The SMILES string of the molecule is COC(=O)NCC(=O)Nc1ccc(Cl)cc1C. The molecule has 0 atom stereocenters. The minimum absolute atomic E-state index is 0.144.